The second kappa shape index (κ2) is 10.4. The molecule has 3 aromatic carbocycles. The molecule has 0 atom stereocenters. The van der Waals surface area contributed by atoms with Gasteiger partial charge in [0.2, 0.25) is 5.91 Å². The SMILES string of the molecule is CCOC(=O)c1ccc(NC(=O)Cn2c(=O)n(Cc3cccc(Cl)c3)c(=O)c3ccccc32)cc1. The van der Waals surface area contributed by atoms with E-state index in [4.69, 9.17) is 16.3 Å². The number of amides is 1. The zero-order chi connectivity index (χ0) is 24.9. The third-order valence-corrected chi connectivity index (χ3v) is 5.58. The summed E-state index contributed by atoms with van der Waals surface area (Å²) >= 11 is 6.06. The van der Waals surface area contributed by atoms with Gasteiger partial charge in [0.05, 0.1) is 29.6 Å². The van der Waals surface area contributed by atoms with Crippen LogP contribution in [0.5, 0.6) is 0 Å². The number of anilines is 1. The van der Waals surface area contributed by atoms with Crippen LogP contribution in [-0.4, -0.2) is 27.6 Å². The number of para-hydroxylation sites is 1. The van der Waals surface area contributed by atoms with Crippen LogP contribution in [0.4, 0.5) is 5.69 Å². The molecule has 0 unspecified atom stereocenters. The van der Waals surface area contributed by atoms with Gasteiger partial charge in [-0.15, -0.1) is 0 Å². The molecule has 0 radical (unpaired) electrons. The van der Waals surface area contributed by atoms with Crippen molar-refractivity contribution in [1.82, 2.24) is 9.13 Å². The molecule has 0 aliphatic heterocycles. The van der Waals surface area contributed by atoms with Crippen molar-refractivity contribution >= 4 is 40.1 Å². The first-order valence-corrected chi connectivity index (χ1v) is 11.3. The Labute approximate surface area is 205 Å². The number of carbonyl (C=O) groups is 2. The zero-order valence-electron chi connectivity index (χ0n) is 18.9. The summed E-state index contributed by atoms with van der Waals surface area (Å²) in [4.78, 5) is 51.0. The van der Waals surface area contributed by atoms with E-state index >= 15 is 0 Å². The summed E-state index contributed by atoms with van der Waals surface area (Å²) in [6.45, 7) is 1.69. The largest absolute Gasteiger partial charge is 0.462 e. The number of nitrogens with one attached hydrogen (secondary N) is 1. The third-order valence-electron chi connectivity index (χ3n) is 5.34. The highest BCUT2D eigenvalue weighted by atomic mass is 35.5. The summed E-state index contributed by atoms with van der Waals surface area (Å²) in [5.41, 5.74) is 0.799. The summed E-state index contributed by atoms with van der Waals surface area (Å²) < 4.78 is 7.31. The Morgan fingerprint density at radius 3 is 2.40 bits per heavy atom. The van der Waals surface area contributed by atoms with E-state index in [1.165, 1.54) is 4.57 Å². The van der Waals surface area contributed by atoms with Crippen LogP contribution in [0.3, 0.4) is 0 Å². The van der Waals surface area contributed by atoms with Crippen LogP contribution in [0.15, 0.2) is 82.4 Å². The van der Waals surface area contributed by atoms with Gasteiger partial charge in [-0.2, -0.15) is 0 Å². The molecule has 1 amide bonds. The molecule has 35 heavy (non-hydrogen) atoms. The molecule has 0 saturated carbocycles. The van der Waals surface area contributed by atoms with Crippen molar-refractivity contribution < 1.29 is 14.3 Å². The van der Waals surface area contributed by atoms with E-state index in [1.54, 1.807) is 79.7 Å². The molecule has 178 valence electrons. The minimum Gasteiger partial charge on any atom is -0.462 e. The van der Waals surface area contributed by atoms with Crippen molar-refractivity contribution in [2.24, 2.45) is 0 Å². The number of aromatic nitrogens is 2. The molecule has 1 heterocycles. The van der Waals surface area contributed by atoms with Crippen molar-refractivity contribution in [2.75, 3.05) is 11.9 Å². The lowest BCUT2D eigenvalue weighted by Gasteiger charge is -2.14. The van der Waals surface area contributed by atoms with Gasteiger partial charge >= 0.3 is 11.7 Å². The van der Waals surface area contributed by atoms with Crippen LogP contribution >= 0.6 is 11.6 Å². The number of ether oxygens (including phenoxy) is 1. The highest BCUT2D eigenvalue weighted by Crippen LogP contribution is 2.14. The molecular weight excluding hydrogens is 470 g/mol. The molecule has 1 aromatic heterocycles. The predicted molar refractivity (Wildman–Crippen MR) is 134 cm³/mol. The summed E-state index contributed by atoms with van der Waals surface area (Å²) in [5.74, 6) is -0.917. The van der Waals surface area contributed by atoms with Crippen molar-refractivity contribution in [3.8, 4) is 0 Å². The maximum Gasteiger partial charge on any atom is 0.338 e. The Bertz CT molecular complexity index is 1520. The van der Waals surface area contributed by atoms with Crippen LogP contribution in [0.25, 0.3) is 10.9 Å². The van der Waals surface area contributed by atoms with Gasteiger partial charge in [0.1, 0.15) is 6.54 Å². The Hall–Kier alpha value is -4.17. The average Bonchev–Trinajstić information content (AvgIpc) is 2.85. The van der Waals surface area contributed by atoms with E-state index in [1.807, 2.05) is 0 Å². The second-order valence-electron chi connectivity index (χ2n) is 7.75. The van der Waals surface area contributed by atoms with E-state index in [2.05, 4.69) is 5.32 Å². The number of nitrogens with zero attached hydrogens (tertiary/aromatic N) is 2. The van der Waals surface area contributed by atoms with Gasteiger partial charge < -0.3 is 10.1 Å². The van der Waals surface area contributed by atoms with E-state index in [-0.39, 0.29) is 19.7 Å². The molecule has 0 spiro atoms. The van der Waals surface area contributed by atoms with Gasteiger partial charge in [-0.05, 0) is 61.0 Å². The number of halogens is 1. The molecule has 0 saturated heterocycles. The van der Waals surface area contributed by atoms with Gasteiger partial charge in [0.25, 0.3) is 5.56 Å². The fraction of sp³-hybridized carbons (Fsp3) is 0.154. The summed E-state index contributed by atoms with van der Waals surface area (Å²) in [5, 5.41) is 3.53. The van der Waals surface area contributed by atoms with Crippen molar-refractivity contribution in [3.05, 3.63) is 110 Å². The van der Waals surface area contributed by atoms with Crippen LogP contribution in [0.1, 0.15) is 22.8 Å². The number of carbonyl (C=O) groups excluding carboxylic acids is 2. The molecular formula is C26H22ClN3O5. The van der Waals surface area contributed by atoms with Gasteiger partial charge in [0.15, 0.2) is 0 Å². The maximum atomic E-state index is 13.3. The van der Waals surface area contributed by atoms with Gasteiger partial charge in [0, 0.05) is 10.7 Å². The highest BCUT2D eigenvalue weighted by Gasteiger charge is 2.16. The smallest absolute Gasteiger partial charge is 0.338 e. The topological polar surface area (TPSA) is 99.4 Å². The molecule has 9 heteroatoms. The Balaban J connectivity index is 1.64. The summed E-state index contributed by atoms with van der Waals surface area (Å²) in [6.07, 6.45) is 0. The number of hydrogen-bond donors (Lipinski definition) is 1. The molecule has 4 aromatic rings. The fourth-order valence-corrected chi connectivity index (χ4v) is 3.94. The van der Waals surface area contributed by atoms with E-state index in [0.717, 1.165) is 4.57 Å². The van der Waals surface area contributed by atoms with Gasteiger partial charge in [-0.3, -0.25) is 18.7 Å². The van der Waals surface area contributed by atoms with E-state index < -0.39 is 23.1 Å². The van der Waals surface area contributed by atoms with Crippen LogP contribution in [0.2, 0.25) is 5.02 Å². The molecule has 8 nitrogen and oxygen atoms in total. The fourth-order valence-electron chi connectivity index (χ4n) is 3.73. The maximum absolute atomic E-state index is 13.3. The summed E-state index contributed by atoms with van der Waals surface area (Å²) in [6, 6.07) is 19.8. The quantitative estimate of drug-likeness (QED) is 0.397. The Kier molecular flexibility index (Phi) is 7.12. The number of esters is 1. The van der Waals surface area contributed by atoms with E-state index in [0.29, 0.717) is 32.7 Å². The number of hydrogen-bond acceptors (Lipinski definition) is 5. The van der Waals surface area contributed by atoms with Crippen molar-refractivity contribution in [2.45, 2.75) is 20.0 Å². The Morgan fingerprint density at radius 1 is 0.943 bits per heavy atom. The lowest BCUT2D eigenvalue weighted by molar-refractivity contribution is -0.116. The van der Waals surface area contributed by atoms with Crippen LogP contribution in [-0.2, 0) is 22.6 Å². The molecule has 0 aliphatic carbocycles. The average molecular weight is 492 g/mol. The lowest BCUT2D eigenvalue weighted by atomic mass is 10.2. The first-order valence-electron chi connectivity index (χ1n) is 10.9. The lowest BCUT2D eigenvalue weighted by Crippen LogP contribution is -2.42. The van der Waals surface area contributed by atoms with Crippen LogP contribution < -0.4 is 16.6 Å². The monoisotopic (exact) mass is 491 g/mol. The Morgan fingerprint density at radius 2 is 1.69 bits per heavy atom. The summed E-state index contributed by atoms with van der Waals surface area (Å²) in [7, 11) is 0. The van der Waals surface area contributed by atoms with Crippen LogP contribution in [0, 0.1) is 0 Å². The third kappa shape index (κ3) is 5.33. The molecule has 1 N–H and O–H groups in total. The molecule has 0 fully saturated rings. The van der Waals surface area contributed by atoms with Crippen molar-refractivity contribution in [3.63, 3.8) is 0 Å². The second-order valence-corrected chi connectivity index (χ2v) is 8.19. The normalized spacial score (nSPS) is 10.8. The van der Waals surface area contributed by atoms with Crippen molar-refractivity contribution in [1.29, 1.82) is 0 Å². The molecule has 0 aliphatic rings. The zero-order valence-corrected chi connectivity index (χ0v) is 19.6. The number of rotatable bonds is 7. The molecule has 4 rings (SSSR count). The number of fused-ring (bicyclic) bond motifs is 1. The van der Waals surface area contributed by atoms with E-state index in [9.17, 15) is 19.2 Å². The standard InChI is InChI=1S/C26H22ClN3O5/c1-2-35-25(33)18-10-12-20(13-11-18)28-23(31)16-29-22-9-4-3-8-21(22)24(32)30(26(29)34)15-17-6-5-7-19(27)14-17/h3-14H,2,15-16H2,1H3,(H,28,31). The minimum absolute atomic E-state index is 0.0139. The van der Waals surface area contributed by atoms with Gasteiger partial charge in [-0.1, -0.05) is 35.9 Å². The number of benzene rings is 3. The molecule has 0 bridgehead atoms. The minimum atomic E-state index is -0.610. The first kappa shape index (κ1) is 24.0. The van der Waals surface area contributed by atoms with Gasteiger partial charge in [-0.25, -0.2) is 9.59 Å². The predicted octanol–water partition coefficient (Wildman–Crippen LogP) is 3.68. The highest BCUT2D eigenvalue weighted by molar-refractivity contribution is 6.30. The first-order chi connectivity index (χ1) is 16.9.